The highest BCUT2D eigenvalue weighted by atomic mass is 79.9. The third kappa shape index (κ3) is 2.63. The van der Waals surface area contributed by atoms with Crippen LogP contribution in [0.15, 0.2) is 22.8 Å². The summed E-state index contributed by atoms with van der Waals surface area (Å²) in [6.07, 6.45) is 0.568. The average molecular weight is 362 g/mol. The summed E-state index contributed by atoms with van der Waals surface area (Å²) in [6, 6.07) is 3.44. The number of rotatable bonds is 4. The number of hydrogen-bond donors (Lipinski definition) is 1. The monoisotopic (exact) mass is 360 g/mol. The Hall–Kier alpha value is -1.24. The summed E-state index contributed by atoms with van der Waals surface area (Å²) in [5, 5.41) is 15.0. The van der Waals surface area contributed by atoms with Gasteiger partial charge in [-0.05, 0) is 12.1 Å². The van der Waals surface area contributed by atoms with Crippen LogP contribution in [0.1, 0.15) is 17.4 Å². The molecule has 1 unspecified atom stereocenters. The van der Waals surface area contributed by atoms with Crippen molar-refractivity contribution in [3.05, 3.63) is 39.1 Å². The summed E-state index contributed by atoms with van der Waals surface area (Å²) in [5.41, 5.74) is 1.13. The van der Waals surface area contributed by atoms with Gasteiger partial charge in [0.25, 0.3) is 0 Å². The molecule has 0 saturated carbocycles. The van der Waals surface area contributed by atoms with Gasteiger partial charge in [-0.1, -0.05) is 27.5 Å². The summed E-state index contributed by atoms with van der Waals surface area (Å²) in [5.74, 6) is 1.11. The predicted octanol–water partition coefficient (Wildman–Crippen LogP) is 2.93. The van der Waals surface area contributed by atoms with Crippen molar-refractivity contribution < 1.29 is 14.6 Å². The zero-order valence-electron chi connectivity index (χ0n) is 11.2. The molecular formula is C13H14BrClN2O3. The maximum Gasteiger partial charge on any atom is 0.161 e. The number of methoxy groups -OCH3 is 2. The van der Waals surface area contributed by atoms with Crippen molar-refractivity contribution in [2.75, 3.05) is 14.2 Å². The molecule has 0 bridgehead atoms. The van der Waals surface area contributed by atoms with E-state index < -0.39 is 6.10 Å². The van der Waals surface area contributed by atoms with E-state index in [0.29, 0.717) is 32.3 Å². The zero-order valence-corrected chi connectivity index (χ0v) is 13.6. The first-order valence-electron chi connectivity index (χ1n) is 5.76. The Labute approximate surface area is 130 Å². The second-order valence-corrected chi connectivity index (χ2v) is 5.39. The lowest BCUT2D eigenvalue weighted by atomic mass is 10.1. The van der Waals surface area contributed by atoms with Crippen molar-refractivity contribution >= 4 is 27.5 Å². The Morgan fingerprint density at radius 1 is 1.30 bits per heavy atom. The van der Waals surface area contributed by atoms with Gasteiger partial charge in [-0.25, -0.2) is 0 Å². The van der Waals surface area contributed by atoms with Crippen molar-refractivity contribution in [1.82, 2.24) is 9.78 Å². The fraction of sp³-hybridized carbons (Fsp3) is 0.308. The number of nitrogens with zero attached hydrogens (tertiary/aromatic N) is 2. The zero-order chi connectivity index (χ0) is 14.9. The number of hydrogen-bond acceptors (Lipinski definition) is 4. The highest BCUT2D eigenvalue weighted by Crippen LogP contribution is 2.39. The first kappa shape index (κ1) is 15.2. The molecule has 1 N–H and O–H groups in total. The molecule has 108 valence electrons. The SMILES string of the molecule is COc1cc(Br)c(C(O)c2c(Cl)cnn2C)cc1OC. The molecule has 0 radical (unpaired) electrons. The molecule has 0 spiro atoms. The molecule has 0 aliphatic carbocycles. The lowest BCUT2D eigenvalue weighted by molar-refractivity contribution is 0.208. The molecule has 2 rings (SSSR count). The molecule has 7 heteroatoms. The van der Waals surface area contributed by atoms with E-state index in [1.165, 1.54) is 10.9 Å². The summed E-state index contributed by atoms with van der Waals surface area (Å²) in [6.45, 7) is 0. The lowest BCUT2D eigenvalue weighted by Crippen LogP contribution is -2.08. The van der Waals surface area contributed by atoms with Crippen molar-refractivity contribution in [3.63, 3.8) is 0 Å². The quantitative estimate of drug-likeness (QED) is 0.910. The van der Waals surface area contributed by atoms with E-state index >= 15 is 0 Å². The number of benzene rings is 1. The normalized spacial score (nSPS) is 12.3. The third-order valence-corrected chi connectivity index (χ3v) is 3.97. The number of halogens is 2. The van der Waals surface area contributed by atoms with Crippen LogP contribution in [0.2, 0.25) is 5.02 Å². The summed E-state index contributed by atoms with van der Waals surface area (Å²) in [7, 11) is 4.82. The highest BCUT2D eigenvalue weighted by molar-refractivity contribution is 9.10. The first-order chi connectivity index (χ1) is 9.49. The Balaban J connectivity index is 2.52. The topological polar surface area (TPSA) is 56.5 Å². The van der Waals surface area contributed by atoms with Crippen LogP contribution in [0.5, 0.6) is 11.5 Å². The molecule has 0 amide bonds. The highest BCUT2D eigenvalue weighted by Gasteiger charge is 2.22. The second kappa shape index (κ2) is 6.03. The Morgan fingerprint density at radius 3 is 2.40 bits per heavy atom. The van der Waals surface area contributed by atoms with E-state index in [-0.39, 0.29) is 0 Å². The maximum absolute atomic E-state index is 10.5. The van der Waals surface area contributed by atoms with Crippen molar-refractivity contribution in [3.8, 4) is 11.5 Å². The van der Waals surface area contributed by atoms with Gasteiger partial charge >= 0.3 is 0 Å². The van der Waals surface area contributed by atoms with E-state index in [4.69, 9.17) is 21.1 Å². The summed E-state index contributed by atoms with van der Waals surface area (Å²) >= 11 is 9.48. The van der Waals surface area contributed by atoms with Crippen LogP contribution in [-0.4, -0.2) is 29.1 Å². The second-order valence-electron chi connectivity index (χ2n) is 4.13. The summed E-state index contributed by atoms with van der Waals surface area (Å²) in [4.78, 5) is 0. The number of aliphatic hydroxyl groups is 1. The molecule has 1 atom stereocenters. The van der Waals surface area contributed by atoms with E-state index in [9.17, 15) is 5.11 Å². The van der Waals surface area contributed by atoms with Gasteiger partial charge in [0, 0.05) is 17.1 Å². The van der Waals surface area contributed by atoms with Crippen LogP contribution in [-0.2, 0) is 7.05 Å². The largest absolute Gasteiger partial charge is 0.493 e. The van der Waals surface area contributed by atoms with Gasteiger partial charge in [-0.2, -0.15) is 5.10 Å². The molecule has 1 heterocycles. The Kier molecular flexibility index (Phi) is 4.57. The van der Waals surface area contributed by atoms with Crippen molar-refractivity contribution in [2.24, 2.45) is 7.05 Å². The third-order valence-electron chi connectivity index (χ3n) is 2.99. The van der Waals surface area contributed by atoms with Crippen LogP contribution in [0.3, 0.4) is 0 Å². The minimum atomic E-state index is -0.927. The van der Waals surface area contributed by atoms with E-state index in [0.717, 1.165) is 0 Å². The molecule has 1 aromatic heterocycles. The van der Waals surface area contributed by atoms with E-state index in [2.05, 4.69) is 21.0 Å². The first-order valence-corrected chi connectivity index (χ1v) is 6.93. The van der Waals surface area contributed by atoms with E-state index in [1.807, 2.05) is 0 Å². The van der Waals surface area contributed by atoms with Crippen molar-refractivity contribution in [1.29, 1.82) is 0 Å². The Morgan fingerprint density at radius 2 is 1.90 bits per heavy atom. The number of aromatic nitrogens is 2. The van der Waals surface area contributed by atoms with Crippen LogP contribution in [0, 0.1) is 0 Å². The van der Waals surface area contributed by atoms with Crippen molar-refractivity contribution in [2.45, 2.75) is 6.10 Å². The fourth-order valence-corrected chi connectivity index (χ4v) is 2.76. The van der Waals surface area contributed by atoms with Gasteiger partial charge < -0.3 is 14.6 Å². The van der Waals surface area contributed by atoms with Gasteiger partial charge in [-0.15, -0.1) is 0 Å². The molecule has 2 aromatic rings. The minimum absolute atomic E-state index is 0.404. The maximum atomic E-state index is 10.5. The average Bonchev–Trinajstić information content (AvgIpc) is 2.77. The number of aryl methyl sites for hydroxylation is 1. The molecule has 0 fully saturated rings. The fourth-order valence-electron chi connectivity index (χ4n) is 1.95. The minimum Gasteiger partial charge on any atom is -0.493 e. The Bertz CT molecular complexity index is 611. The lowest BCUT2D eigenvalue weighted by Gasteiger charge is -2.17. The van der Waals surface area contributed by atoms with Crippen LogP contribution >= 0.6 is 27.5 Å². The number of ether oxygens (including phenoxy) is 2. The molecule has 5 nitrogen and oxygen atoms in total. The van der Waals surface area contributed by atoms with E-state index in [1.54, 1.807) is 33.4 Å². The molecule has 0 saturated heterocycles. The smallest absolute Gasteiger partial charge is 0.161 e. The molecule has 20 heavy (non-hydrogen) atoms. The van der Waals surface area contributed by atoms with Crippen LogP contribution in [0.25, 0.3) is 0 Å². The van der Waals surface area contributed by atoms with Gasteiger partial charge in [0.15, 0.2) is 11.5 Å². The van der Waals surface area contributed by atoms with Crippen LogP contribution < -0.4 is 9.47 Å². The predicted molar refractivity (Wildman–Crippen MR) is 79.5 cm³/mol. The molecule has 0 aliphatic rings. The van der Waals surface area contributed by atoms with Crippen LogP contribution in [0.4, 0.5) is 0 Å². The van der Waals surface area contributed by atoms with Gasteiger partial charge in [-0.3, -0.25) is 4.68 Å². The molecule has 0 aliphatic heterocycles. The standard InChI is InChI=1S/C13H14BrClN2O3/c1-17-12(9(15)6-16-17)13(18)7-4-10(19-2)11(20-3)5-8(7)14/h4-6,13,18H,1-3H3. The number of aliphatic hydroxyl groups excluding tert-OH is 1. The summed E-state index contributed by atoms with van der Waals surface area (Å²) < 4.78 is 12.7. The molecular weight excluding hydrogens is 348 g/mol. The van der Waals surface area contributed by atoms with Gasteiger partial charge in [0.2, 0.25) is 0 Å². The molecule has 1 aromatic carbocycles. The van der Waals surface area contributed by atoms with Gasteiger partial charge in [0.05, 0.1) is 31.1 Å². The van der Waals surface area contributed by atoms with Gasteiger partial charge in [0.1, 0.15) is 6.10 Å².